The van der Waals surface area contributed by atoms with Crippen LogP contribution in [0.3, 0.4) is 0 Å². The van der Waals surface area contributed by atoms with Crippen molar-refractivity contribution in [2.45, 2.75) is 18.6 Å². The molecule has 0 saturated carbocycles. The Morgan fingerprint density at radius 3 is 2.79 bits per heavy atom. The minimum Gasteiger partial charge on any atom is -0.354 e. The van der Waals surface area contributed by atoms with Crippen LogP contribution in [0, 0.1) is 0 Å². The van der Waals surface area contributed by atoms with Gasteiger partial charge in [0.25, 0.3) is 5.91 Å². The Morgan fingerprint density at radius 1 is 1.38 bits per heavy atom. The topological polar surface area (TPSA) is 56.7 Å². The number of nitrogens with zero attached hydrogens (tertiary/aromatic N) is 2. The Morgan fingerprint density at radius 2 is 2.12 bits per heavy atom. The molecule has 0 bridgehead atoms. The Kier molecular flexibility index (Phi) is 6.98. The number of thioether (sulfide) groups is 1. The molecule has 1 aliphatic heterocycles. The van der Waals surface area contributed by atoms with Crippen LogP contribution in [0.4, 0.5) is 0 Å². The van der Waals surface area contributed by atoms with Crippen LogP contribution in [-0.2, 0) is 0 Å². The van der Waals surface area contributed by atoms with E-state index in [1.807, 2.05) is 30.0 Å². The molecule has 0 aromatic heterocycles. The normalized spacial score (nSPS) is 17.5. The molecule has 5 nitrogen and oxygen atoms in total. The van der Waals surface area contributed by atoms with Gasteiger partial charge >= 0.3 is 0 Å². The maximum atomic E-state index is 12.1. The van der Waals surface area contributed by atoms with Gasteiger partial charge in [-0.25, -0.2) is 0 Å². The van der Waals surface area contributed by atoms with Crippen LogP contribution < -0.4 is 10.6 Å². The average molecular weight is 413 g/mol. The average Bonchev–Trinajstić information content (AvgIpc) is 2.53. The van der Waals surface area contributed by atoms with Crippen molar-refractivity contribution < 1.29 is 4.79 Å². The summed E-state index contributed by atoms with van der Waals surface area (Å²) in [5, 5.41) is 6.26. The zero-order valence-electron chi connectivity index (χ0n) is 14.4. The van der Waals surface area contributed by atoms with E-state index in [9.17, 15) is 4.79 Å². The minimum absolute atomic E-state index is 0.0661. The maximum absolute atomic E-state index is 12.1. The highest BCUT2D eigenvalue weighted by atomic mass is 79.9. The summed E-state index contributed by atoms with van der Waals surface area (Å²) in [5.41, 5.74) is 0.656. The summed E-state index contributed by atoms with van der Waals surface area (Å²) < 4.78 is 1.14. The molecule has 1 aliphatic rings. The quantitative estimate of drug-likeness (QED) is 0.453. The first-order valence-electron chi connectivity index (χ1n) is 8.04. The SMILES string of the molecule is CN=C(NCCNC(=O)c1cccc(Br)c1)N1CCSC(C)(C)C1. The molecule has 2 N–H and O–H groups in total. The fourth-order valence-electron chi connectivity index (χ4n) is 2.61. The summed E-state index contributed by atoms with van der Waals surface area (Å²) in [6, 6.07) is 7.38. The number of amides is 1. The van der Waals surface area contributed by atoms with Crippen molar-refractivity contribution in [2.75, 3.05) is 39.0 Å². The molecule has 1 amide bonds. The van der Waals surface area contributed by atoms with Gasteiger partial charge in [0.15, 0.2) is 5.96 Å². The van der Waals surface area contributed by atoms with Crippen molar-refractivity contribution in [3.05, 3.63) is 34.3 Å². The van der Waals surface area contributed by atoms with Crippen LogP contribution in [0.15, 0.2) is 33.7 Å². The highest BCUT2D eigenvalue weighted by molar-refractivity contribution is 9.10. The third kappa shape index (κ3) is 5.70. The van der Waals surface area contributed by atoms with Crippen molar-refractivity contribution >= 4 is 39.6 Å². The Labute approximate surface area is 156 Å². The Hall–Kier alpha value is -1.21. The molecule has 1 aromatic rings. The molecule has 0 aliphatic carbocycles. The van der Waals surface area contributed by atoms with Gasteiger partial charge in [-0.1, -0.05) is 22.0 Å². The zero-order valence-corrected chi connectivity index (χ0v) is 16.8. The number of benzene rings is 1. The van der Waals surface area contributed by atoms with E-state index < -0.39 is 0 Å². The summed E-state index contributed by atoms with van der Waals surface area (Å²) in [7, 11) is 1.80. The van der Waals surface area contributed by atoms with Crippen LogP contribution >= 0.6 is 27.7 Å². The third-order valence-corrected chi connectivity index (χ3v) is 5.51. The lowest BCUT2D eigenvalue weighted by atomic mass is 10.2. The van der Waals surface area contributed by atoms with E-state index in [-0.39, 0.29) is 10.7 Å². The first-order valence-corrected chi connectivity index (χ1v) is 9.82. The largest absolute Gasteiger partial charge is 0.354 e. The minimum atomic E-state index is -0.0661. The molecular formula is C17H25BrN4OS. The molecule has 0 atom stereocenters. The van der Waals surface area contributed by atoms with Crippen molar-refractivity contribution in [2.24, 2.45) is 4.99 Å². The van der Waals surface area contributed by atoms with Crippen LogP contribution in [0.1, 0.15) is 24.2 Å². The fraction of sp³-hybridized carbons (Fsp3) is 0.529. The molecule has 0 radical (unpaired) electrons. The monoisotopic (exact) mass is 412 g/mol. The molecule has 7 heteroatoms. The number of hydrogen-bond donors (Lipinski definition) is 2. The van der Waals surface area contributed by atoms with Crippen molar-refractivity contribution in [1.82, 2.24) is 15.5 Å². The van der Waals surface area contributed by atoms with Gasteiger partial charge in [0, 0.05) is 53.8 Å². The summed E-state index contributed by atoms with van der Waals surface area (Å²) in [5.74, 6) is 1.94. The van der Waals surface area contributed by atoms with Gasteiger partial charge in [0.1, 0.15) is 0 Å². The maximum Gasteiger partial charge on any atom is 0.251 e. The second kappa shape index (κ2) is 8.76. The van der Waals surface area contributed by atoms with Crippen LogP contribution in [-0.4, -0.2) is 60.5 Å². The van der Waals surface area contributed by atoms with Gasteiger partial charge in [-0.05, 0) is 32.0 Å². The number of rotatable bonds is 4. The number of carbonyl (C=O) groups is 1. The molecule has 1 fully saturated rings. The highest BCUT2D eigenvalue weighted by Crippen LogP contribution is 2.29. The molecule has 1 aromatic carbocycles. The Balaban J connectivity index is 1.77. The predicted molar refractivity (Wildman–Crippen MR) is 106 cm³/mol. The summed E-state index contributed by atoms with van der Waals surface area (Å²) in [4.78, 5) is 18.7. The molecule has 24 heavy (non-hydrogen) atoms. The molecular weight excluding hydrogens is 388 g/mol. The van der Waals surface area contributed by atoms with Crippen molar-refractivity contribution in [1.29, 1.82) is 0 Å². The second-order valence-electron chi connectivity index (χ2n) is 6.27. The van der Waals surface area contributed by atoms with Gasteiger partial charge in [-0.2, -0.15) is 11.8 Å². The van der Waals surface area contributed by atoms with Gasteiger partial charge in [0.05, 0.1) is 0 Å². The van der Waals surface area contributed by atoms with Gasteiger partial charge < -0.3 is 15.5 Å². The van der Waals surface area contributed by atoms with E-state index in [0.29, 0.717) is 18.7 Å². The lowest BCUT2D eigenvalue weighted by Crippen LogP contribution is -2.51. The number of halogens is 1. The number of carbonyl (C=O) groups excluding carboxylic acids is 1. The third-order valence-electron chi connectivity index (χ3n) is 3.72. The van der Waals surface area contributed by atoms with E-state index >= 15 is 0 Å². The molecule has 1 heterocycles. The molecule has 2 rings (SSSR count). The van der Waals surface area contributed by atoms with Gasteiger partial charge in [0.2, 0.25) is 0 Å². The predicted octanol–water partition coefficient (Wildman–Crippen LogP) is 2.58. The smallest absolute Gasteiger partial charge is 0.251 e. The van der Waals surface area contributed by atoms with Crippen LogP contribution in [0.25, 0.3) is 0 Å². The van der Waals surface area contributed by atoms with Crippen molar-refractivity contribution in [3.63, 3.8) is 0 Å². The Bertz CT molecular complexity index is 606. The van der Waals surface area contributed by atoms with Crippen molar-refractivity contribution in [3.8, 4) is 0 Å². The molecule has 0 spiro atoms. The molecule has 0 unspecified atom stereocenters. The highest BCUT2D eigenvalue weighted by Gasteiger charge is 2.28. The second-order valence-corrected chi connectivity index (χ2v) is 8.99. The summed E-state index contributed by atoms with van der Waals surface area (Å²) in [6.45, 7) is 7.69. The first kappa shape index (κ1) is 19.1. The summed E-state index contributed by atoms with van der Waals surface area (Å²) in [6.07, 6.45) is 0. The molecule has 1 saturated heterocycles. The van der Waals surface area contributed by atoms with E-state index in [0.717, 1.165) is 29.3 Å². The zero-order chi connectivity index (χ0) is 17.6. The first-order chi connectivity index (χ1) is 11.4. The number of aliphatic imine (C=N–C) groups is 1. The van der Waals surface area contributed by atoms with E-state index in [1.54, 1.807) is 13.1 Å². The number of hydrogen-bond acceptors (Lipinski definition) is 3. The summed E-state index contributed by atoms with van der Waals surface area (Å²) >= 11 is 5.38. The van der Waals surface area contributed by atoms with Gasteiger partial charge in [-0.15, -0.1) is 0 Å². The fourth-order valence-corrected chi connectivity index (χ4v) is 4.12. The standard InChI is InChI=1S/C17H25BrN4OS/c1-17(2)12-22(9-10-24-17)16(19-3)21-8-7-20-15(23)13-5-4-6-14(18)11-13/h4-6,11H,7-10,12H2,1-3H3,(H,19,21)(H,20,23). The number of guanidine groups is 1. The van der Waals surface area contributed by atoms with Crippen LogP contribution in [0.2, 0.25) is 0 Å². The number of nitrogens with one attached hydrogen (secondary N) is 2. The van der Waals surface area contributed by atoms with E-state index in [2.05, 4.69) is 50.3 Å². The lowest BCUT2D eigenvalue weighted by molar-refractivity contribution is 0.0954. The lowest BCUT2D eigenvalue weighted by Gasteiger charge is -2.39. The van der Waals surface area contributed by atoms with E-state index in [1.165, 1.54) is 0 Å². The van der Waals surface area contributed by atoms with Gasteiger partial charge in [-0.3, -0.25) is 9.79 Å². The molecule has 132 valence electrons. The van der Waals surface area contributed by atoms with Crippen LogP contribution in [0.5, 0.6) is 0 Å². The van der Waals surface area contributed by atoms with E-state index in [4.69, 9.17) is 0 Å².